The number of carbonyl (C=O) groups excluding carboxylic acids is 2. The van der Waals surface area contributed by atoms with Gasteiger partial charge in [0.25, 0.3) is 0 Å². The fraction of sp³-hybridized carbons (Fsp3) is 0.391. The molecule has 1 aliphatic rings. The molecule has 0 saturated carbocycles. The van der Waals surface area contributed by atoms with Crippen LogP contribution in [0.15, 0.2) is 48.5 Å². The molecule has 1 N–H and O–H groups in total. The summed E-state index contributed by atoms with van der Waals surface area (Å²) >= 11 is 6.08. The number of benzene rings is 2. The van der Waals surface area contributed by atoms with E-state index in [-0.39, 0.29) is 18.4 Å². The van der Waals surface area contributed by atoms with Crippen LogP contribution in [-0.4, -0.2) is 60.9 Å². The van der Waals surface area contributed by atoms with Crippen molar-refractivity contribution in [1.29, 1.82) is 0 Å². The van der Waals surface area contributed by atoms with Gasteiger partial charge in [-0.25, -0.2) is 0 Å². The van der Waals surface area contributed by atoms with Gasteiger partial charge in [0, 0.05) is 32.6 Å². The van der Waals surface area contributed by atoms with Crippen LogP contribution >= 0.6 is 11.6 Å². The van der Waals surface area contributed by atoms with E-state index in [1.54, 1.807) is 12.1 Å². The van der Waals surface area contributed by atoms with Crippen LogP contribution < -0.4 is 10.1 Å². The predicted octanol–water partition coefficient (Wildman–Crippen LogP) is 3.59. The van der Waals surface area contributed by atoms with E-state index >= 15 is 0 Å². The minimum absolute atomic E-state index is 0.101. The van der Waals surface area contributed by atoms with Gasteiger partial charge < -0.3 is 15.0 Å². The van der Waals surface area contributed by atoms with Crippen LogP contribution in [0.1, 0.15) is 18.4 Å². The second-order valence-electron chi connectivity index (χ2n) is 7.45. The second kappa shape index (κ2) is 11.0. The maximum absolute atomic E-state index is 12.4. The van der Waals surface area contributed by atoms with E-state index in [0.717, 1.165) is 5.75 Å². The lowest BCUT2D eigenvalue weighted by molar-refractivity contribution is -0.133. The molecule has 1 saturated heterocycles. The summed E-state index contributed by atoms with van der Waals surface area (Å²) in [7, 11) is 0. The molecule has 2 aromatic rings. The highest BCUT2D eigenvalue weighted by molar-refractivity contribution is 6.33. The van der Waals surface area contributed by atoms with Crippen LogP contribution in [0, 0.1) is 6.92 Å². The first-order valence-electron chi connectivity index (χ1n) is 10.3. The summed E-state index contributed by atoms with van der Waals surface area (Å²) in [6, 6.07) is 15.1. The number of ether oxygens (including phenoxy) is 1. The van der Waals surface area contributed by atoms with Crippen molar-refractivity contribution in [2.75, 3.05) is 44.6 Å². The van der Waals surface area contributed by atoms with Gasteiger partial charge in [0.2, 0.25) is 11.8 Å². The van der Waals surface area contributed by atoms with Gasteiger partial charge in [-0.1, -0.05) is 41.4 Å². The molecule has 2 amide bonds. The average molecular weight is 430 g/mol. The number of hydrogen-bond donors (Lipinski definition) is 1. The Hall–Kier alpha value is -2.57. The Morgan fingerprint density at radius 3 is 2.43 bits per heavy atom. The van der Waals surface area contributed by atoms with Gasteiger partial charge in [-0.05, 0) is 37.6 Å². The number of nitrogens with one attached hydrogen (secondary N) is 1. The highest BCUT2D eigenvalue weighted by atomic mass is 35.5. The number of piperazine rings is 1. The molecule has 0 bridgehead atoms. The summed E-state index contributed by atoms with van der Waals surface area (Å²) in [5, 5.41) is 3.36. The van der Waals surface area contributed by atoms with Gasteiger partial charge in [0.15, 0.2) is 0 Å². The van der Waals surface area contributed by atoms with Crippen LogP contribution in [0.4, 0.5) is 5.69 Å². The predicted molar refractivity (Wildman–Crippen MR) is 119 cm³/mol. The third-order valence-electron chi connectivity index (χ3n) is 5.06. The summed E-state index contributed by atoms with van der Waals surface area (Å²) in [5.41, 5.74) is 1.81. The summed E-state index contributed by atoms with van der Waals surface area (Å²) < 4.78 is 5.68. The van der Waals surface area contributed by atoms with Crippen molar-refractivity contribution in [3.05, 3.63) is 59.1 Å². The molecule has 0 atom stereocenters. The zero-order chi connectivity index (χ0) is 21.3. The Balaban J connectivity index is 1.32. The Kier molecular flexibility index (Phi) is 8.11. The monoisotopic (exact) mass is 429 g/mol. The number of aryl methyl sites for hydroxylation is 1. The fourth-order valence-corrected chi connectivity index (χ4v) is 3.50. The molecule has 1 heterocycles. The maximum atomic E-state index is 12.4. The van der Waals surface area contributed by atoms with Crippen LogP contribution in [0.5, 0.6) is 5.75 Å². The molecular weight excluding hydrogens is 402 g/mol. The Morgan fingerprint density at radius 1 is 1.03 bits per heavy atom. The molecule has 2 aromatic carbocycles. The summed E-state index contributed by atoms with van der Waals surface area (Å²) in [6.45, 7) is 5.49. The van der Waals surface area contributed by atoms with Crippen LogP contribution in [0.2, 0.25) is 5.02 Å². The number of hydrogen-bond acceptors (Lipinski definition) is 4. The van der Waals surface area contributed by atoms with E-state index in [2.05, 4.69) is 10.2 Å². The molecule has 1 fully saturated rings. The number of nitrogens with zero attached hydrogens (tertiary/aromatic N) is 2. The lowest BCUT2D eigenvalue weighted by Crippen LogP contribution is -2.50. The second-order valence-corrected chi connectivity index (χ2v) is 7.86. The van der Waals surface area contributed by atoms with Gasteiger partial charge in [-0.2, -0.15) is 0 Å². The summed E-state index contributed by atoms with van der Waals surface area (Å²) in [5.74, 6) is 0.871. The van der Waals surface area contributed by atoms with Crippen molar-refractivity contribution < 1.29 is 14.3 Å². The first kappa shape index (κ1) is 22.1. The molecule has 7 heteroatoms. The molecule has 0 radical (unpaired) electrons. The van der Waals surface area contributed by atoms with Gasteiger partial charge in [-0.3, -0.25) is 14.5 Å². The van der Waals surface area contributed by atoms with Crippen LogP contribution in [-0.2, 0) is 9.59 Å². The Bertz CT molecular complexity index is 849. The number of carbonyl (C=O) groups is 2. The van der Waals surface area contributed by atoms with Crippen molar-refractivity contribution >= 4 is 29.1 Å². The van der Waals surface area contributed by atoms with Crippen molar-refractivity contribution in [2.45, 2.75) is 19.8 Å². The molecule has 3 rings (SSSR count). The zero-order valence-electron chi connectivity index (χ0n) is 17.3. The largest absolute Gasteiger partial charge is 0.494 e. The van der Waals surface area contributed by atoms with Crippen LogP contribution in [0.25, 0.3) is 0 Å². The lowest BCUT2D eigenvalue weighted by Gasteiger charge is -2.34. The molecule has 0 aromatic heterocycles. The van der Waals surface area contributed by atoms with Crippen molar-refractivity contribution in [1.82, 2.24) is 9.80 Å². The zero-order valence-corrected chi connectivity index (χ0v) is 18.0. The Morgan fingerprint density at radius 2 is 1.73 bits per heavy atom. The minimum atomic E-state index is -0.101. The highest BCUT2D eigenvalue weighted by Gasteiger charge is 2.22. The van der Waals surface area contributed by atoms with E-state index in [1.807, 2.05) is 48.2 Å². The van der Waals surface area contributed by atoms with Crippen molar-refractivity contribution in [3.8, 4) is 5.75 Å². The van der Waals surface area contributed by atoms with Gasteiger partial charge in [-0.15, -0.1) is 0 Å². The van der Waals surface area contributed by atoms with E-state index in [9.17, 15) is 9.59 Å². The van der Waals surface area contributed by atoms with E-state index in [0.29, 0.717) is 56.3 Å². The normalized spacial score (nSPS) is 14.4. The first-order valence-corrected chi connectivity index (χ1v) is 10.6. The van der Waals surface area contributed by atoms with Crippen molar-refractivity contribution in [2.24, 2.45) is 0 Å². The van der Waals surface area contributed by atoms with Crippen molar-refractivity contribution in [3.63, 3.8) is 0 Å². The number of para-hydroxylation sites is 1. The number of anilines is 1. The van der Waals surface area contributed by atoms with E-state index in [1.165, 1.54) is 5.56 Å². The quantitative estimate of drug-likeness (QED) is 0.651. The topological polar surface area (TPSA) is 61.9 Å². The third-order valence-corrected chi connectivity index (χ3v) is 5.39. The van der Waals surface area contributed by atoms with E-state index in [4.69, 9.17) is 16.3 Å². The van der Waals surface area contributed by atoms with Crippen LogP contribution in [0.3, 0.4) is 0 Å². The SMILES string of the molecule is Cc1ccc(OCCCC(=O)N2CCN(CC(=O)Nc3ccccc3Cl)CC2)cc1. The molecule has 0 spiro atoms. The molecule has 30 heavy (non-hydrogen) atoms. The van der Waals surface area contributed by atoms with E-state index < -0.39 is 0 Å². The lowest BCUT2D eigenvalue weighted by atomic mass is 10.2. The molecule has 0 aliphatic carbocycles. The first-order chi connectivity index (χ1) is 14.5. The average Bonchev–Trinajstić information content (AvgIpc) is 2.74. The molecule has 0 unspecified atom stereocenters. The standard InChI is InChI=1S/C23H28ClN3O3/c1-18-8-10-19(11-9-18)30-16-4-7-23(29)27-14-12-26(13-15-27)17-22(28)25-21-6-3-2-5-20(21)24/h2-3,5-6,8-11H,4,7,12-17H2,1H3,(H,25,28). The Labute approximate surface area is 182 Å². The number of halogens is 1. The van der Waals surface area contributed by atoms with Gasteiger partial charge >= 0.3 is 0 Å². The smallest absolute Gasteiger partial charge is 0.238 e. The van der Waals surface area contributed by atoms with Gasteiger partial charge in [0.1, 0.15) is 5.75 Å². The molecule has 160 valence electrons. The molecular formula is C23H28ClN3O3. The summed E-state index contributed by atoms with van der Waals surface area (Å²) in [4.78, 5) is 28.6. The molecule has 1 aliphatic heterocycles. The summed E-state index contributed by atoms with van der Waals surface area (Å²) in [6.07, 6.45) is 1.16. The number of amides is 2. The molecule has 6 nitrogen and oxygen atoms in total. The van der Waals surface area contributed by atoms with Gasteiger partial charge in [0.05, 0.1) is 23.9 Å². The maximum Gasteiger partial charge on any atom is 0.238 e. The minimum Gasteiger partial charge on any atom is -0.494 e. The third kappa shape index (κ3) is 6.75. The highest BCUT2D eigenvalue weighted by Crippen LogP contribution is 2.20. The number of rotatable bonds is 8. The fourth-order valence-electron chi connectivity index (χ4n) is 3.32.